The fraction of sp³-hybridized carbons (Fsp3) is 0.182. The summed E-state index contributed by atoms with van der Waals surface area (Å²) in [6.45, 7) is 3.35. The van der Waals surface area contributed by atoms with Gasteiger partial charge in [0, 0.05) is 12.2 Å². The topological polar surface area (TPSA) is 30.5 Å². The average molecular weight is 368 g/mol. The van der Waals surface area contributed by atoms with E-state index in [1.54, 1.807) is 7.11 Å². The molecule has 4 heteroatoms. The van der Waals surface area contributed by atoms with Crippen LogP contribution in [0.2, 0.25) is 5.02 Å². The minimum atomic E-state index is 0.567. The van der Waals surface area contributed by atoms with Gasteiger partial charge in [-0.15, -0.1) is 0 Å². The molecule has 0 aromatic heterocycles. The molecule has 0 heterocycles. The van der Waals surface area contributed by atoms with Gasteiger partial charge in [0.15, 0.2) is 0 Å². The molecule has 0 atom stereocenters. The van der Waals surface area contributed by atoms with Gasteiger partial charge < -0.3 is 14.8 Å². The van der Waals surface area contributed by atoms with Crippen molar-refractivity contribution in [2.24, 2.45) is 0 Å². The molecule has 0 aliphatic carbocycles. The summed E-state index contributed by atoms with van der Waals surface area (Å²) >= 11 is 6.16. The third-order valence-electron chi connectivity index (χ3n) is 4.20. The van der Waals surface area contributed by atoms with E-state index in [-0.39, 0.29) is 0 Å². The Morgan fingerprint density at radius 1 is 0.962 bits per heavy atom. The zero-order valence-electron chi connectivity index (χ0n) is 15.0. The lowest BCUT2D eigenvalue weighted by atomic mass is 10.1. The highest BCUT2D eigenvalue weighted by Crippen LogP contribution is 2.27. The van der Waals surface area contributed by atoms with Crippen molar-refractivity contribution in [2.75, 3.05) is 12.4 Å². The summed E-state index contributed by atoms with van der Waals surface area (Å²) in [4.78, 5) is 0. The first-order valence-corrected chi connectivity index (χ1v) is 8.87. The molecule has 0 amide bonds. The SMILES string of the molecule is COc1ccc(NCc2cccc(OCc3ccccc3C)c2)cc1Cl. The molecule has 26 heavy (non-hydrogen) atoms. The maximum Gasteiger partial charge on any atom is 0.137 e. The molecule has 0 aliphatic heterocycles. The Hall–Kier alpha value is -2.65. The number of halogens is 1. The van der Waals surface area contributed by atoms with Crippen LogP contribution in [-0.2, 0) is 13.2 Å². The molecule has 3 nitrogen and oxygen atoms in total. The summed E-state index contributed by atoms with van der Waals surface area (Å²) in [5.74, 6) is 1.53. The summed E-state index contributed by atoms with van der Waals surface area (Å²) in [5.41, 5.74) is 4.52. The molecule has 0 spiro atoms. The van der Waals surface area contributed by atoms with E-state index in [0.29, 0.717) is 23.9 Å². The van der Waals surface area contributed by atoms with E-state index in [2.05, 4.69) is 36.5 Å². The summed E-state index contributed by atoms with van der Waals surface area (Å²) in [5, 5.41) is 3.96. The molecule has 1 N–H and O–H groups in total. The van der Waals surface area contributed by atoms with Gasteiger partial charge in [0.25, 0.3) is 0 Å². The predicted octanol–water partition coefficient (Wildman–Crippen LogP) is 5.85. The third kappa shape index (κ3) is 4.70. The zero-order chi connectivity index (χ0) is 18.4. The Balaban J connectivity index is 1.60. The van der Waals surface area contributed by atoms with Gasteiger partial charge in [-0.05, 0) is 53.9 Å². The highest BCUT2D eigenvalue weighted by Gasteiger charge is 2.03. The normalized spacial score (nSPS) is 10.4. The van der Waals surface area contributed by atoms with E-state index < -0.39 is 0 Å². The molecule has 3 aromatic carbocycles. The lowest BCUT2D eigenvalue weighted by Gasteiger charge is -2.11. The molecule has 0 saturated carbocycles. The molecule has 0 saturated heterocycles. The van der Waals surface area contributed by atoms with E-state index in [1.807, 2.05) is 42.5 Å². The summed E-state index contributed by atoms with van der Waals surface area (Å²) in [6, 6.07) is 22.0. The largest absolute Gasteiger partial charge is 0.495 e. The molecule has 0 fully saturated rings. The fourth-order valence-corrected chi connectivity index (χ4v) is 2.92. The van der Waals surface area contributed by atoms with Crippen LogP contribution in [0, 0.1) is 6.92 Å². The number of methoxy groups -OCH3 is 1. The van der Waals surface area contributed by atoms with Crippen LogP contribution in [0.3, 0.4) is 0 Å². The lowest BCUT2D eigenvalue weighted by Crippen LogP contribution is -2.01. The van der Waals surface area contributed by atoms with Gasteiger partial charge in [-0.2, -0.15) is 0 Å². The van der Waals surface area contributed by atoms with Crippen LogP contribution in [0.15, 0.2) is 66.7 Å². The highest BCUT2D eigenvalue weighted by molar-refractivity contribution is 6.32. The van der Waals surface area contributed by atoms with Crippen molar-refractivity contribution in [1.29, 1.82) is 0 Å². The number of anilines is 1. The second kappa shape index (κ2) is 8.63. The smallest absolute Gasteiger partial charge is 0.137 e. The second-order valence-corrected chi connectivity index (χ2v) is 6.47. The third-order valence-corrected chi connectivity index (χ3v) is 4.50. The minimum absolute atomic E-state index is 0.567. The Morgan fingerprint density at radius 2 is 1.81 bits per heavy atom. The van der Waals surface area contributed by atoms with E-state index in [1.165, 1.54) is 11.1 Å². The number of benzene rings is 3. The van der Waals surface area contributed by atoms with Gasteiger partial charge in [-0.25, -0.2) is 0 Å². The molecule has 134 valence electrons. The summed E-state index contributed by atoms with van der Waals surface area (Å²) in [6.07, 6.45) is 0. The molecule has 3 rings (SSSR count). The summed E-state index contributed by atoms with van der Waals surface area (Å²) < 4.78 is 11.1. The van der Waals surface area contributed by atoms with Gasteiger partial charge in [-0.3, -0.25) is 0 Å². The van der Waals surface area contributed by atoms with Crippen LogP contribution in [-0.4, -0.2) is 7.11 Å². The molecular weight excluding hydrogens is 346 g/mol. The van der Waals surface area contributed by atoms with Crippen LogP contribution in [0.1, 0.15) is 16.7 Å². The van der Waals surface area contributed by atoms with Crippen molar-refractivity contribution in [3.8, 4) is 11.5 Å². The van der Waals surface area contributed by atoms with Crippen molar-refractivity contribution in [3.63, 3.8) is 0 Å². The standard InChI is InChI=1S/C22H22ClNO2/c1-16-6-3-4-8-18(16)15-26-20-9-5-7-17(12-20)14-24-19-10-11-22(25-2)21(23)13-19/h3-13,24H,14-15H2,1-2H3. The molecule has 3 aromatic rings. The zero-order valence-corrected chi connectivity index (χ0v) is 15.7. The minimum Gasteiger partial charge on any atom is -0.495 e. The van der Waals surface area contributed by atoms with Crippen LogP contribution in [0.4, 0.5) is 5.69 Å². The first-order chi connectivity index (χ1) is 12.7. The Bertz CT molecular complexity index is 880. The first-order valence-electron chi connectivity index (χ1n) is 8.49. The van der Waals surface area contributed by atoms with Crippen molar-refractivity contribution >= 4 is 17.3 Å². The van der Waals surface area contributed by atoms with Gasteiger partial charge in [-0.1, -0.05) is 48.0 Å². The first kappa shape index (κ1) is 18.2. The Kier molecular flexibility index (Phi) is 6.03. The van der Waals surface area contributed by atoms with Gasteiger partial charge in [0.1, 0.15) is 18.1 Å². The Morgan fingerprint density at radius 3 is 2.58 bits per heavy atom. The van der Waals surface area contributed by atoms with Crippen molar-refractivity contribution in [3.05, 3.63) is 88.4 Å². The number of hydrogen-bond donors (Lipinski definition) is 1. The van der Waals surface area contributed by atoms with Crippen molar-refractivity contribution in [1.82, 2.24) is 0 Å². The summed E-state index contributed by atoms with van der Waals surface area (Å²) in [7, 11) is 1.61. The van der Waals surface area contributed by atoms with E-state index >= 15 is 0 Å². The van der Waals surface area contributed by atoms with Gasteiger partial charge in [0.05, 0.1) is 12.1 Å². The molecule has 0 bridgehead atoms. The van der Waals surface area contributed by atoms with Crippen molar-refractivity contribution < 1.29 is 9.47 Å². The fourth-order valence-electron chi connectivity index (χ4n) is 2.66. The lowest BCUT2D eigenvalue weighted by molar-refractivity contribution is 0.305. The highest BCUT2D eigenvalue weighted by atomic mass is 35.5. The molecular formula is C22H22ClNO2. The quantitative estimate of drug-likeness (QED) is 0.568. The number of hydrogen-bond acceptors (Lipinski definition) is 3. The van der Waals surface area contributed by atoms with E-state index in [4.69, 9.17) is 21.1 Å². The van der Waals surface area contributed by atoms with Crippen molar-refractivity contribution in [2.45, 2.75) is 20.1 Å². The van der Waals surface area contributed by atoms with Crippen LogP contribution >= 0.6 is 11.6 Å². The Labute approximate surface area is 159 Å². The molecule has 0 aliphatic rings. The van der Waals surface area contributed by atoms with E-state index in [0.717, 1.165) is 17.0 Å². The number of rotatable bonds is 7. The van der Waals surface area contributed by atoms with Crippen LogP contribution < -0.4 is 14.8 Å². The number of nitrogens with one attached hydrogen (secondary N) is 1. The predicted molar refractivity (Wildman–Crippen MR) is 107 cm³/mol. The van der Waals surface area contributed by atoms with E-state index in [9.17, 15) is 0 Å². The monoisotopic (exact) mass is 367 g/mol. The second-order valence-electron chi connectivity index (χ2n) is 6.07. The van der Waals surface area contributed by atoms with Gasteiger partial charge >= 0.3 is 0 Å². The van der Waals surface area contributed by atoms with Gasteiger partial charge in [0.2, 0.25) is 0 Å². The average Bonchev–Trinajstić information content (AvgIpc) is 2.66. The van der Waals surface area contributed by atoms with Crippen LogP contribution in [0.5, 0.6) is 11.5 Å². The number of ether oxygens (including phenoxy) is 2. The molecule has 0 radical (unpaired) electrons. The number of aryl methyl sites for hydroxylation is 1. The molecule has 0 unspecified atom stereocenters. The maximum atomic E-state index is 6.16. The maximum absolute atomic E-state index is 6.16. The van der Waals surface area contributed by atoms with Crippen LogP contribution in [0.25, 0.3) is 0 Å².